The number of hydrogen-bond acceptors (Lipinski definition) is 3. The summed E-state index contributed by atoms with van der Waals surface area (Å²) in [4.78, 5) is 9.62. The maximum absolute atomic E-state index is 5.56. The second-order valence-corrected chi connectivity index (χ2v) is 6.57. The molecular weight excluding hydrogens is 298 g/mol. The molecule has 24 heavy (non-hydrogen) atoms. The van der Waals surface area contributed by atoms with E-state index in [0.29, 0.717) is 11.8 Å². The van der Waals surface area contributed by atoms with Crippen LogP contribution in [0, 0.1) is 13.8 Å². The highest BCUT2D eigenvalue weighted by Gasteiger charge is 2.16. The van der Waals surface area contributed by atoms with E-state index in [0.717, 1.165) is 34.6 Å². The maximum Gasteiger partial charge on any atom is 0.222 e. The molecule has 0 unspecified atom stereocenters. The Morgan fingerprint density at radius 1 is 1.12 bits per heavy atom. The van der Waals surface area contributed by atoms with E-state index in [4.69, 9.17) is 9.72 Å². The summed E-state index contributed by atoms with van der Waals surface area (Å²) >= 11 is 0. The fraction of sp³-hybridized carbons (Fsp3) is 0.400. The first kappa shape index (κ1) is 16.5. The van der Waals surface area contributed by atoms with Crippen molar-refractivity contribution in [1.29, 1.82) is 0 Å². The lowest BCUT2D eigenvalue weighted by molar-refractivity contribution is 0.397. The van der Waals surface area contributed by atoms with E-state index in [9.17, 15) is 0 Å². The van der Waals surface area contributed by atoms with Crippen molar-refractivity contribution in [1.82, 2.24) is 14.5 Å². The van der Waals surface area contributed by atoms with E-state index in [2.05, 4.69) is 68.6 Å². The molecule has 0 radical (unpaired) electrons. The van der Waals surface area contributed by atoms with Gasteiger partial charge in [-0.3, -0.25) is 0 Å². The monoisotopic (exact) mass is 323 g/mol. The predicted molar refractivity (Wildman–Crippen MR) is 98.8 cm³/mol. The fourth-order valence-corrected chi connectivity index (χ4v) is 3.12. The maximum atomic E-state index is 5.56. The van der Waals surface area contributed by atoms with Gasteiger partial charge in [0.15, 0.2) is 0 Å². The number of rotatable bonds is 4. The normalized spacial score (nSPS) is 11.5. The Morgan fingerprint density at radius 3 is 2.50 bits per heavy atom. The molecule has 0 atom stereocenters. The Labute approximate surface area is 143 Å². The smallest absolute Gasteiger partial charge is 0.222 e. The van der Waals surface area contributed by atoms with Crippen molar-refractivity contribution in [3.63, 3.8) is 0 Å². The summed E-state index contributed by atoms with van der Waals surface area (Å²) in [5, 5.41) is 0. The van der Waals surface area contributed by atoms with Crippen LogP contribution in [0.25, 0.3) is 22.3 Å². The molecule has 0 fully saturated rings. The predicted octanol–water partition coefficient (Wildman–Crippen LogP) is 4.87. The first-order chi connectivity index (χ1) is 11.5. The highest BCUT2D eigenvalue weighted by Crippen LogP contribution is 2.33. The van der Waals surface area contributed by atoms with Gasteiger partial charge >= 0.3 is 0 Å². The Bertz CT molecular complexity index is 894. The standard InChI is InChI=1S/C20H25N3O/c1-7-23-11-14(5)19-17(23)10-13(4)18(22-19)15-8-9-16(12(2)3)21-20(15)24-6/h8-12H,7H2,1-6H3. The summed E-state index contributed by atoms with van der Waals surface area (Å²) < 4.78 is 7.80. The van der Waals surface area contributed by atoms with Crippen LogP contribution >= 0.6 is 0 Å². The lowest BCUT2D eigenvalue weighted by atomic mass is 10.0. The first-order valence-corrected chi connectivity index (χ1v) is 8.48. The molecule has 126 valence electrons. The van der Waals surface area contributed by atoms with Crippen molar-refractivity contribution in [2.24, 2.45) is 0 Å². The summed E-state index contributed by atoms with van der Waals surface area (Å²) in [6.45, 7) is 11.6. The van der Waals surface area contributed by atoms with Gasteiger partial charge in [-0.15, -0.1) is 0 Å². The molecule has 0 spiro atoms. The third-order valence-corrected chi connectivity index (χ3v) is 4.49. The molecule has 4 heteroatoms. The van der Waals surface area contributed by atoms with Crippen LogP contribution in [0.3, 0.4) is 0 Å². The topological polar surface area (TPSA) is 39.9 Å². The van der Waals surface area contributed by atoms with E-state index in [-0.39, 0.29) is 0 Å². The first-order valence-electron chi connectivity index (χ1n) is 8.48. The summed E-state index contributed by atoms with van der Waals surface area (Å²) in [5.41, 5.74) is 7.48. The molecule has 0 aliphatic carbocycles. The van der Waals surface area contributed by atoms with Gasteiger partial charge in [0.05, 0.1) is 29.4 Å². The van der Waals surface area contributed by atoms with Crippen LogP contribution in [0.15, 0.2) is 24.4 Å². The zero-order valence-corrected chi connectivity index (χ0v) is 15.3. The van der Waals surface area contributed by atoms with Crippen LogP contribution in [-0.2, 0) is 6.54 Å². The number of nitrogens with zero attached hydrogens (tertiary/aromatic N) is 3. The summed E-state index contributed by atoms with van der Waals surface area (Å²) in [6.07, 6.45) is 2.16. The molecule has 0 saturated carbocycles. The van der Waals surface area contributed by atoms with Crippen molar-refractivity contribution < 1.29 is 4.74 Å². The van der Waals surface area contributed by atoms with Crippen molar-refractivity contribution in [3.05, 3.63) is 41.2 Å². The lowest BCUT2D eigenvalue weighted by Gasteiger charge is -2.13. The number of methoxy groups -OCH3 is 1. The molecule has 3 aromatic rings. The van der Waals surface area contributed by atoms with Crippen molar-refractivity contribution >= 4 is 11.0 Å². The Morgan fingerprint density at radius 2 is 1.88 bits per heavy atom. The Hall–Kier alpha value is -2.36. The fourth-order valence-electron chi connectivity index (χ4n) is 3.12. The molecule has 0 aliphatic rings. The lowest BCUT2D eigenvalue weighted by Crippen LogP contribution is -2.00. The van der Waals surface area contributed by atoms with Gasteiger partial charge in [-0.05, 0) is 56.0 Å². The number of pyridine rings is 2. The average Bonchev–Trinajstić information content (AvgIpc) is 2.88. The minimum atomic E-state index is 0.366. The minimum absolute atomic E-state index is 0.366. The largest absolute Gasteiger partial charge is 0.480 e. The van der Waals surface area contributed by atoms with Gasteiger partial charge in [0.2, 0.25) is 5.88 Å². The molecule has 3 aromatic heterocycles. The minimum Gasteiger partial charge on any atom is -0.480 e. The van der Waals surface area contributed by atoms with Crippen LogP contribution < -0.4 is 4.74 Å². The second kappa shape index (κ2) is 6.27. The molecule has 4 nitrogen and oxygen atoms in total. The summed E-state index contributed by atoms with van der Waals surface area (Å²) in [5.74, 6) is 1.01. The molecule has 3 heterocycles. The molecule has 0 saturated heterocycles. The van der Waals surface area contributed by atoms with Gasteiger partial charge in [0.25, 0.3) is 0 Å². The van der Waals surface area contributed by atoms with E-state index < -0.39 is 0 Å². The second-order valence-electron chi connectivity index (χ2n) is 6.57. The quantitative estimate of drug-likeness (QED) is 0.688. The van der Waals surface area contributed by atoms with Gasteiger partial charge < -0.3 is 9.30 Å². The molecule has 0 N–H and O–H groups in total. The molecule has 3 rings (SSSR count). The molecule has 0 aliphatic heterocycles. The number of fused-ring (bicyclic) bond motifs is 1. The van der Waals surface area contributed by atoms with E-state index in [1.54, 1.807) is 7.11 Å². The Kier molecular flexibility index (Phi) is 4.31. The molecule has 0 bridgehead atoms. The molecule has 0 amide bonds. The summed E-state index contributed by atoms with van der Waals surface area (Å²) in [6, 6.07) is 6.36. The van der Waals surface area contributed by atoms with Gasteiger partial charge in [0, 0.05) is 18.4 Å². The van der Waals surface area contributed by atoms with E-state index >= 15 is 0 Å². The molecular formula is C20H25N3O. The van der Waals surface area contributed by atoms with Crippen LogP contribution in [0.4, 0.5) is 0 Å². The third-order valence-electron chi connectivity index (χ3n) is 4.49. The molecule has 0 aromatic carbocycles. The van der Waals surface area contributed by atoms with Crippen molar-refractivity contribution in [3.8, 4) is 17.1 Å². The average molecular weight is 323 g/mol. The van der Waals surface area contributed by atoms with Gasteiger partial charge in [-0.25, -0.2) is 9.97 Å². The number of aromatic nitrogens is 3. The zero-order chi connectivity index (χ0) is 17.4. The number of ether oxygens (including phenoxy) is 1. The Balaban J connectivity index is 2.22. The van der Waals surface area contributed by atoms with Gasteiger partial charge in [-0.1, -0.05) is 13.8 Å². The number of aryl methyl sites for hydroxylation is 3. The van der Waals surface area contributed by atoms with Crippen LogP contribution in [0.1, 0.15) is 43.5 Å². The summed E-state index contributed by atoms with van der Waals surface area (Å²) in [7, 11) is 1.67. The van der Waals surface area contributed by atoms with E-state index in [1.165, 1.54) is 11.1 Å². The van der Waals surface area contributed by atoms with Crippen LogP contribution in [0.5, 0.6) is 5.88 Å². The van der Waals surface area contributed by atoms with Crippen molar-refractivity contribution in [2.75, 3.05) is 7.11 Å². The third kappa shape index (κ3) is 2.66. The highest BCUT2D eigenvalue weighted by molar-refractivity contribution is 5.85. The van der Waals surface area contributed by atoms with E-state index in [1.807, 2.05) is 0 Å². The SMILES string of the molecule is CCn1cc(C)c2nc(-c3ccc(C(C)C)nc3OC)c(C)cc21. The van der Waals surface area contributed by atoms with Crippen LogP contribution in [0.2, 0.25) is 0 Å². The van der Waals surface area contributed by atoms with Gasteiger partial charge in [-0.2, -0.15) is 0 Å². The van der Waals surface area contributed by atoms with Crippen LogP contribution in [-0.4, -0.2) is 21.6 Å². The van der Waals surface area contributed by atoms with Crippen molar-refractivity contribution in [2.45, 2.75) is 47.1 Å². The highest BCUT2D eigenvalue weighted by atomic mass is 16.5. The van der Waals surface area contributed by atoms with Gasteiger partial charge in [0.1, 0.15) is 0 Å². The zero-order valence-electron chi connectivity index (χ0n) is 15.3. The number of hydrogen-bond donors (Lipinski definition) is 0.